The SMILES string of the molecule is C(=Nc1cnccc1Nc1ccccc1)c1ccccc1. The summed E-state index contributed by atoms with van der Waals surface area (Å²) in [6.07, 6.45) is 5.35. The first-order valence-electron chi connectivity index (χ1n) is 6.77. The number of benzene rings is 2. The van der Waals surface area contributed by atoms with Gasteiger partial charge in [-0.3, -0.25) is 9.98 Å². The van der Waals surface area contributed by atoms with Gasteiger partial charge in [-0.05, 0) is 23.8 Å². The number of aliphatic imine (C=N–C) groups is 1. The fourth-order valence-electron chi connectivity index (χ4n) is 1.95. The Morgan fingerprint density at radius 2 is 1.57 bits per heavy atom. The first-order valence-corrected chi connectivity index (χ1v) is 6.77. The summed E-state index contributed by atoms with van der Waals surface area (Å²) in [7, 11) is 0. The van der Waals surface area contributed by atoms with Gasteiger partial charge < -0.3 is 5.32 Å². The lowest BCUT2D eigenvalue weighted by atomic mass is 10.2. The zero-order valence-electron chi connectivity index (χ0n) is 11.5. The predicted molar refractivity (Wildman–Crippen MR) is 87.7 cm³/mol. The molecule has 1 aromatic heterocycles. The minimum absolute atomic E-state index is 0.810. The second-order valence-electron chi connectivity index (χ2n) is 4.55. The summed E-state index contributed by atoms with van der Waals surface area (Å²) in [5.74, 6) is 0. The lowest BCUT2D eigenvalue weighted by molar-refractivity contribution is 1.30. The van der Waals surface area contributed by atoms with Crippen LogP contribution in [0.5, 0.6) is 0 Å². The monoisotopic (exact) mass is 273 g/mol. The van der Waals surface area contributed by atoms with Crippen molar-refractivity contribution in [2.75, 3.05) is 5.32 Å². The number of hydrogen-bond donors (Lipinski definition) is 1. The quantitative estimate of drug-likeness (QED) is 0.707. The van der Waals surface area contributed by atoms with Gasteiger partial charge in [0.15, 0.2) is 0 Å². The molecule has 1 N–H and O–H groups in total. The molecule has 2 aromatic carbocycles. The zero-order chi connectivity index (χ0) is 14.3. The van der Waals surface area contributed by atoms with Crippen LogP contribution in [0, 0.1) is 0 Å². The highest BCUT2D eigenvalue weighted by Crippen LogP contribution is 2.26. The molecular formula is C18H15N3. The van der Waals surface area contributed by atoms with E-state index in [0.717, 1.165) is 22.6 Å². The summed E-state index contributed by atoms with van der Waals surface area (Å²) in [5, 5.41) is 3.36. The first kappa shape index (κ1) is 13.1. The van der Waals surface area contributed by atoms with Crippen molar-refractivity contribution in [1.29, 1.82) is 0 Å². The van der Waals surface area contributed by atoms with Crippen molar-refractivity contribution >= 4 is 23.3 Å². The number of aromatic nitrogens is 1. The molecule has 1 heterocycles. The molecule has 0 fully saturated rings. The number of nitrogens with one attached hydrogen (secondary N) is 1. The van der Waals surface area contributed by atoms with Crippen LogP contribution in [0.3, 0.4) is 0 Å². The average molecular weight is 273 g/mol. The van der Waals surface area contributed by atoms with Gasteiger partial charge in [-0.25, -0.2) is 0 Å². The fraction of sp³-hybridized carbons (Fsp3) is 0. The minimum Gasteiger partial charge on any atom is -0.354 e. The summed E-state index contributed by atoms with van der Waals surface area (Å²) < 4.78 is 0. The van der Waals surface area contributed by atoms with E-state index >= 15 is 0 Å². The summed E-state index contributed by atoms with van der Waals surface area (Å²) in [4.78, 5) is 8.67. The van der Waals surface area contributed by atoms with Gasteiger partial charge in [-0.15, -0.1) is 0 Å². The second kappa shape index (κ2) is 6.48. The van der Waals surface area contributed by atoms with E-state index in [1.165, 1.54) is 0 Å². The van der Waals surface area contributed by atoms with E-state index in [-0.39, 0.29) is 0 Å². The maximum atomic E-state index is 4.52. The van der Waals surface area contributed by atoms with Crippen LogP contribution in [0.25, 0.3) is 0 Å². The lowest BCUT2D eigenvalue weighted by Crippen LogP contribution is -1.91. The summed E-state index contributed by atoms with van der Waals surface area (Å²) in [6.45, 7) is 0. The molecule has 0 amide bonds. The van der Waals surface area contributed by atoms with Gasteiger partial charge in [0.25, 0.3) is 0 Å². The maximum absolute atomic E-state index is 4.52. The molecule has 0 spiro atoms. The van der Waals surface area contributed by atoms with E-state index in [1.807, 2.05) is 72.9 Å². The highest BCUT2D eigenvalue weighted by atomic mass is 14.9. The number of hydrogen-bond acceptors (Lipinski definition) is 3. The van der Waals surface area contributed by atoms with Crippen molar-refractivity contribution in [3.8, 4) is 0 Å². The molecule has 0 bridgehead atoms. The van der Waals surface area contributed by atoms with Crippen LogP contribution in [0.1, 0.15) is 5.56 Å². The molecule has 3 rings (SSSR count). The fourth-order valence-corrected chi connectivity index (χ4v) is 1.95. The number of nitrogens with zero attached hydrogens (tertiary/aromatic N) is 2. The van der Waals surface area contributed by atoms with Crippen molar-refractivity contribution in [3.05, 3.63) is 84.7 Å². The molecule has 3 heteroatoms. The number of para-hydroxylation sites is 1. The largest absolute Gasteiger partial charge is 0.354 e. The predicted octanol–water partition coefficient (Wildman–Crippen LogP) is 4.58. The smallest absolute Gasteiger partial charge is 0.105 e. The molecule has 0 saturated heterocycles. The topological polar surface area (TPSA) is 37.3 Å². The molecule has 0 saturated carbocycles. The normalized spacial score (nSPS) is 10.7. The van der Waals surface area contributed by atoms with Gasteiger partial charge in [0.2, 0.25) is 0 Å². The van der Waals surface area contributed by atoms with Crippen LogP contribution in [0.15, 0.2) is 84.1 Å². The van der Waals surface area contributed by atoms with Crippen molar-refractivity contribution in [3.63, 3.8) is 0 Å². The molecule has 0 aliphatic carbocycles. The average Bonchev–Trinajstić information content (AvgIpc) is 2.56. The third-order valence-corrected chi connectivity index (χ3v) is 3.01. The van der Waals surface area contributed by atoms with Gasteiger partial charge in [-0.2, -0.15) is 0 Å². The third-order valence-electron chi connectivity index (χ3n) is 3.01. The van der Waals surface area contributed by atoms with E-state index in [0.29, 0.717) is 0 Å². The van der Waals surface area contributed by atoms with Crippen LogP contribution >= 0.6 is 0 Å². The van der Waals surface area contributed by atoms with Crippen LogP contribution in [0.4, 0.5) is 17.1 Å². The van der Waals surface area contributed by atoms with Gasteiger partial charge in [-0.1, -0.05) is 48.5 Å². The third kappa shape index (κ3) is 3.54. The van der Waals surface area contributed by atoms with Crippen molar-refractivity contribution in [2.45, 2.75) is 0 Å². The lowest BCUT2D eigenvalue weighted by Gasteiger charge is -2.08. The van der Waals surface area contributed by atoms with Crippen LogP contribution in [0.2, 0.25) is 0 Å². The Hall–Kier alpha value is -2.94. The van der Waals surface area contributed by atoms with E-state index in [2.05, 4.69) is 15.3 Å². The molecule has 0 aliphatic heterocycles. The van der Waals surface area contributed by atoms with Gasteiger partial charge >= 0.3 is 0 Å². The Labute approximate surface area is 124 Å². The molecular weight excluding hydrogens is 258 g/mol. The molecule has 3 aromatic rings. The maximum Gasteiger partial charge on any atom is 0.105 e. The molecule has 0 unspecified atom stereocenters. The van der Waals surface area contributed by atoms with Gasteiger partial charge in [0, 0.05) is 18.1 Å². The molecule has 102 valence electrons. The Kier molecular flexibility index (Phi) is 4.03. The Balaban J connectivity index is 1.84. The van der Waals surface area contributed by atoms with Crippen molar-refractivity contribution < 1.29 is 0 Å². The number of anilines is 2. The van der Waals surface area contributed by atoms with Gasteiger partial charge in [0.1, 0.15) is 5.69 Å². The number of rotatable bonds is 4. The highest BCUT2D eigenvalue weighted by molar-refractivity contribution is 5.84. The molecule has 21 heavy (non-hydrogen) atoms. The highest BCUT2D eigenvalue weighted by Gasteiger charge is 2.00. The Morgan fingerprint density at radius 1 is 0.857 bits per heavy atom. The molecule has 0 atom stereocenters. The molecule has 0 aliphatic rings. The summed E-state index contributed by atoms with van der Waals surface area (Å²) in [5.41, 5.74) is 3.83. The van der Waals surface area contributed by atoms with Gasteiger partial charge in [0.05, 0.1) is 11.9 Å². The second-order valence-corrected chi connectivity index (χ2v) is 4.55. The Bertz CT molecular complexity index is 722. The van der Waals surface area contributed by atoms with Crippen molar-refractivity contribution in [2.24, 2.45) is 4.99 Å². The van der Waals surface area contributed by atoms with E-state index < -0.39 is 0 Å². The number of pyridine rings is 1. The van der Waals surface area contributed by atoms with E-state index in [4.69, 9.17) is 0 Å². The zero-order valence-corrected chi connectivity index (χ0v) is 11.5. The summed E-state index contributed by atoms with van der Waals surface area (Å²) >= 11 is 0. The van der Waals surface area contributed by atoms with E-state index in [1.54, 1.807) is 12.4 Å². The Morgan fingerprint density at radius 3 is 2.33 bits per heavy atom. The standard InChI is InChI=1S/C18H15N3/c1-3-7-15(8-4-1)13-20-18-14-19-12-11-17(18)21-16-9-5-2-6-10-16/h1-14H,(H,19,21). The van der Waals surface area contributed by atoms with Crippen molar-refractivity contribution in [1.82, 2.24) is 4.98 Å². The molecule has 3 nitrogen and oxygen atoms in total. The van der Waals surface area contributed by atoms with E-state index in [9.17, 15) is 0 Å². The minimum atomic E-state index is 0.810. The van der Waals surface area contributed by atoms with Crippen LogP contribution < -0.4 is 5.32 Å². The summed E-state index contributed by atoms with van der Waals surface area (Å²) in [6, 6.07) is 22.0. The van der Waals surface area contributed by atoms with Crippen LogP contribution in [-0.4, -0.2) is 11.2 Å². The molecule has 0 radical (unpaired) electrons. The van der Waals surface area contributed by atoms with Crippen LogP contribution in [-0.2, 0) is 0 Å². The first-order chi connectivity index (χ1) is 10.4.